The van der Waals surface area contributed by atoms with E-state index in [2.05, 4.69) is 20.4 Å². The minimum absolute atomic E-state index is 0.0437. The number of nitrogens with one attached hydrogen (secondary N) is 1. The van der Waals surface area contributed by atoms with E-state index in [1.807, 2.05) is 48.2 Å². The van der Waals surface area contributed by atoms with Crippen LogP contribution in [0, 0.1) is 6.92 Å². The molecule has 1 aromatic heterocycles. The van der Waals surface area contributed by atoms with Crippen LogP contribution < -0.4 is 11.1 Å². The summed E-state index contributed by atoms with van der Waals surface area (Å²) in [7, 11) is 0. The molecule has 34 heavy (non-hydrogen) atoms. The standard InChI is InChI=1S/C25H27ClN6O2/c1-15-9-17(10-18-12-31(24(33)22(15)18)11-16-4-6-19(26)7-5-16)23-29-21(30-34-23)13-32-8-2-3-20-25(32,27)14-28-20/h4-7,9-10,20,28H,2-3,8,11-14,27H2,1H3. The van der Waals surface area contributed by atoms with Crippen LogP contribution in [0.3, 0.4) is 0 Å². The monoisotopic (exact) mass is 478 g/mol. The van der Waals surface area contributed by atoms with Gasteiger partial charge in [0.1, 0.15) is 0 Å². The van der Waals surface area contributed by atoms with E-state index in [0.29, 0.717) is 42.4 Å². The molecule has 1 amide bonds. The minimum Gasteiger partial charge on any atom is -0.334 e. The zero-order valence-electron chi connectivity index (χ0n) is 19.1. The molecule has 3 aliphatic rings. The van der Waals surface area contributed by atoms with Crippen LogP contribution in [0.1, 0.15) is 45.7 Å². The molecule has 4 heterocycles. The zero-order chi connectivity index (χ0) is 23.4. The van der Waals surface area contributed by atoms with E-state index >= 15 is 0 Å². The maximum absolute atomic E-state index is 13.1. The Morgan fingerprint density at radius 1 is 1.26 bits per heavy atom. The number of carbonyl (C=O) groups is 1. The Labute approximate surface area is 203 Å². The zero-order valence-corrected chi connectivity index (χ0v) is 19.8. The van der Waals surface area contributed by atoms with Gasteiger partial charge in [-0.1, -0.05) is 28.9 Å². The third kappa shape index (κ3) is 3.62. The third-order valence-electron chi connectivity index (χ3n) is 7.36. The number of nitrogens with two attached hydrogens (primary N) is 1. The minimum atomic E-state index is -0.322. The van der Waals surface area contributed by atoms with Crippen molar-refractivity contribution in [1.82, 2.24) is 25.3 Å². The fourth-order valence-corrected chi connectivity index (χ4v) is 5.58. The predicted molar refractivity (Wildman–Crippen MR) is 128 cm³/mol. The van der Waals surface area contributed by atoms with E-state index in [9.17, 15) is 4.79 Å². The number of hydrogen-bond acceptors (Lipinski definition) is 7. The number of likely N-dealkylation sites (tertiary alicyclic amines) is 1. The van der Waals surface area contributed by atoms with Gasteiger partial charge in [-0.3, -0.25) is 9.69 Å². The molecular formula is C25H27ClN6O2. The van der Waals surface area contributed by atoms with Crippen LogP contribution in [-0.2, 0) is 19.6 Å². The predicted octanol–water partition coefficient (Wildman–Crippen LogP) is 3.08. The van der Waals surface area contributed by atoms with Crippen LogP contribution in [0.4, 0.5) is 0 Å². The molecule has 2 unspecified atom stereocenters. The van der Waals surface area contributed by atoms with Gasteiger partial charge in [0.05, 0.1) is 12.2 Å². The van der Waals surface area contributed by atoms with Crippen molar-refractivity contribution in [1.29, 1.82) is 0 Å². The van der Waals surface area contributed by atoms with Crippen LogP contribution in [0.15, 0.2) is 40.9 Å². The number of aryl methyl sites for hydroxylation is 1. The van der Waals surface area contributed by atoms with Crippen molar-refractivity contribution in [3.05, 3.63) is 69.5 Å². The number of carbonyl (C=O) groups excluding carboxylic acids is 1. The van der Waals surface area contributed by atoms with E-state index in [-0.39, 0.29) is 11.6 Å². The average molecular weight is 479 g/mol. The van der Waals surface area contributed by atoms with Crippen LogP contribution in [0.5, 0.6) is 0 Å². The SMILES string of the molecule is Cc1cc(-c2nc(CN3CCCC4NCC43N)no2)cc2c1C(=O)N(Cc1ccc(Cl)cc1)C2. The third-order valence-corrected chi connectivity index (χ3v) is 7.61. The molecule has 3 aliphatic heterocycles. The van der Waals surface area contributed by atoms with Gasteiger partial charge in [-0.05, 0) is 60.7 Å². The second-order valence-corrected chi connectivity index (χ2v) is 10.1. The van der Waals surface area contributed by atoms with Crippen LogP contribution in [0.25, 0.3) is 11.5 Å². The molecule has 2 aromatic carbocycles. The Bertz CT molecular complexity index is 1260. The van der Waals surface area contributed by atoms with Gasteiger partial charge in [-0.2, -0.15) is 4.98 Å². The van der Waals surface area contributed by atoms with Gasteiger partial charge in [-0.15, -0.1) is 0 Å². The highest BCUT2D eigenvalue weighted by Gasteiger charge is 2.50. The van der Waals surface area contributed by atoms with Crippen LogP contribution in [0.2, 0.25) is 5.02 Å². The molecule has 9 heteroatoms. The molecule has 2 atom stereocenters. The Balaban J connectivity index is 1.20. The number of halogens is 1. The van der Waals surface area contributed by atoms with Gasteiger partial charge in [0.2, 0.25) is 0 Å². The maximum atomic E-state index is 13.1. The number of fused-ring (bicyclic) bond motifs is 2. The summed E-state index contributed by atoms with van der Waals surface area (Å²) in [5, 5.41) is 8.33. The summed E-state index contributed by atoms with van der Waals surface area (Å²) in [6.07, 6.45) is 2.21. The molecule has 3 aromatic rings. The molecule has 3 N–H and O–H groups in total. The lowest BCUT2D eigenvalue weighted by atomic mass is 9.83. The number of rotatable bonds is 5. The first-order valence-corrected chi connectivity index (χ1v) is 12.1. The summed E-state index contributed by atoms with van der Waals surface area (Å²) >= 11 is 5.99. The highest BCUT2D eigenvalue weighted by atomic mass is 35.5. The van der Waals surface area contributed by atoms with E-state index in [4.69, 9.17) is 21.9 Å². The Hall–Kier alpha value is -2.78. The van der Waals surface area contributed by atoms with Crippen molar-refractivity contribution in [2.24, 2.45) is 5.73 Å². The van der Waals surface area contributed by atoms with Crippen LogP contribution >= 0.6 is 11.6 Å². The fraction of sp³-hybridized carbons (Fsp3) is 0.400. The molecule has 0 radical (unpaired) electrons. The number of hydrogen-bond donors (Lipinski definition) is 2. The van der Waals surface area contributed by atoms with E-state index < -0.39 is 0 Å². The van der Waals surface area contributed by atoms with Crippen molar-refractivity contribution in [2.75, 3.05) is 13.1 Å². The highest BCUT2D eigenvalue weighted by Crippen LogP contribution is 2.33. The van der Waals surface area contributed by atoms with Gasteiger partial charge in [0.15, 0.2) is 5.82 Å². The van der Waals surface area contributed by atoms with Crippen LogP contribution in [-0.4, -0.2) is 50.6 Å². The molecule has 8 nitrogen and oxygen atoms in total. The second-order valence-electron chi connectivity index (χ2n) is 9.62. The summed E-state index contributed by atoms with van der Waals surface area (Å²) < 4.78 is 5.63. The quantitative estimate of drug-likeness (QED) is 0.581. The number of nitrogens with zero attached hydrogens (tertiary/aromatic N) is 4. The second kappa shape index (κ2) is 8.16. The van der Waals surface area contributed by atoms with Crippen molar-refractivity contribution >= 4 is 17.5 Å². The lowest BCUT2D eigenvalue weighted by molar-refractivity contribution is -0.0449. The highest BCUT2D eigenvalue weighted by molar-refractivity contribution is 6.30. The molecular weight excluding hydrogens is 452 g/mol. The van der Waals surface area contributed by atoms with Crippen molar-refractivity contribution in [3.8, 4) is 11.5 Å². The van der Waals surface area contributed by atoms with E-state index in [1.54, 1.807) is 0 Å². The number of benzene rings is 2. The summed E-state index contributed by atoms with van der Waals surface area (Å²) in [4.78, 5) is 21.9. The van der Waals surface area contributed by atoms with E-state index in [0.717, 1.165) is 53.7 Å². The summed E-state index contributed by atoms with van der Waals surface area (Å²) in [5.74, 6) is 1.14. The molecule has 0 spiro atoms. The molecule has 6 rings (SSSR count). The van der Waals surface area contributed by atoms with Gasteiger partial charge in [0.25, 0.3) is 11.8 Å². The number of amides is 1. The molecule has 176 valence electrons. The fourth-order valence-electron chi connectivity index (χ4n) is 5.45. The lowest BCUT2D eigenvalue weighted by Gasteiger charge is -2.57. The van der Waals surface area contributed by atoms with Gasteiger partial charge in [-0.25, -0.2) is 0 Å². The number of aromatic nitrogens is 2. The normalized spacial score (nSPS) is 24.1. The first-order valence-electron chi connectivity index (χ1n) is 11.7. The lowest BCUT2D eigenvalue weighted by Crippen LogP contribution is -2.81. The molecule has 0 saturated carbocycles. The van der Waals surface area contributed by atoms with Gasteiger partial charge in [0, 0.05) is 48.4 Å². The first kappa shape index (κ1) is 21.7. The molecule has 2 saturated heterocycles. The summed E-state index contributed by atoms with van der Waals surface area (Å²) in [6.45, 7) is 5.32. The van der Waals surface area contributed by atoms with Crippen molar-refractivity contribution in [3.63, 3.8) is 0 Å². The van der Waals surface area contributed by atoms with Gasteiger partial charge >= 0.3 is 0 Å². The maximum Gasteiger partial charge on any atom is 0.257 e. The number of piperidine rings is 1. The van der Waals surface area contributed by atoms with E-state index in [1.165, 1.54) is 0 Å². The summed E-state index contributed by atoms with van der Waals surface area (Å²) in [5.41, 5.74) is 10.8. The Morgan fingerprint density at radius 3 is 2.85 bits per heavy atom. The Morgan fingerprint density at radius 2 is 2.09 bits per heavy atom. The van der Waals surface area contributed by atoms with Crippen molar-refractivity contribution < 1.29 is 9.32 Å². The van der Waals surface area contributed by atoms with Gasteiger partial charge < -0.3 is 20.5 Å². The smallest absolute Gasteiger partial charge is 0.257 e. The van der Waals surface area contributed by atoms with Crippen molar-refractivity contribution in [2.45, 2.75) is 51.1 Å². The first-order chi connectivity index (χ1) is 16.4. The molecule has 0 bridgehead atoms. The largest absolute Gasteiger partial charge is 0.334 e. The summed E-state index contributed by atoms with van der Waals surface area (Å²) in [6, 6.07) is 11.9. The Kier molecular flexibility index (Phi) is 5.22. The average Bonchev–Trinajstić information content (AvgIpc) is 3.40. The molecule has 2 fully saturated rings. The topological polar surface area (TPSA) is 101 Å². The molecule has 0 aliphatic carbocycles.